The highest BCUT2D eigenvalue weighted by Gasteiger charge is 2.50. The molecule has 2 rings (SSSR count). The smallest absolute Gasteiger partial charge is 0.311 e. The number of hydrogen-bond acceptors (Lipinski definition) is 3. The maximum atomic E-state index is 13.4. The number of benzene rings is 1. The summed E-state index contributed by atoms with van der Waals surface area (Å²) in [5, 5.41) is 11.4. The molecule has 0 saturated heterocycles. The summed E-state index contributed by atoms with van der Waals surface area (Å²) in [4.78, 5) is 22.4. The van der Waals surface area contributed by atoms with Crippen molar-refractivity contribution in [2.45, 2.75) is 12.8 Å². The Kier molecular flexibility index (Phi) is 4.27. The van der Waals surface area contributed by atoms with E-state index in [4.69, 9.17) is 9.84 Å². The van der Waals surface area contributed by atoms with Gasteiger partial charge in [-0.2, -0.15) is 0 Å². The summed E-state index contributed by atoms with van der Waals surface area (Å²) < 4.78 is 19.0. The number of rotatable bonds is 6. The summed E-state index contributed by atoms with van der Waals surface area (Å²) in [7, 11) is 0. The van der Waals surface area contributed by atoms with Crippen molar-refractivity contribution in [3.05, 3.63) is 28.5 Å². The molecule has 5 nitrogen and oxygen atoms in total. The molecule has 1 amide bonds. The quantitative estimate of drug-likeness (QED) is 0.826. The third-order valence-electron chi connectivity index (χ3n) is 3.18. The Balaban J connectivity index is 1.79. The molecular weight excluding hydrogens is 333 g/mol. The van der Waals surface area contributed by atoms with Gasteiger partial charge in [0.15, 0.2) is 18.2 Å². The zero-order chi connectivity index (χ0) is 14.8. The van der Waals surface area contributed by atoms with Crippen molar-refractivity contribution in [3.8, 4) is 5.75 Å². The fourth-order valence-corrected chi connectivity index (χ4v) is 2.00. The van der Waals surface area contributed by atoms with Crippen molar-refractivity contribution in [2.24, 2.45) is 5.41 Å². The van der Waals surface area contributed by atoms with Gasteiger partial charge >= 0.3 is 5.97 Å². The third-order valence-corrected chi connectivity index (χ3v) is 3.68. The van der Waals surface area contributed by atoms with Gasteiger partial charge in [-0.1, -0.05) is 15.9 Å². The van der Waals surface area contributed by atoms with E-state index in [1.807, 2.05) is 0 Å². The Morgan fingerprint density at radius 2 is 2.15 bits per heavy atom. The number of hydrogen-bond donors (Lipinski definition) is 2. The zero-order valence-corrected chi connectivity index (χ0v) is 12.1. The fourth-order valence-electron chi connectivity index (χ4n) is 1.67. The standard InChI is InChI=1S/C13H13BrFNO4/c14-8-1-2-10(9(15)5-8)20-6-11(17)16-7-13(3-4-13)12(18)19/h1-2,5H,3-4,6-7H2,(H,16,17)(H,18,19). The lowest BCUT2D eigenvalue weighted by Gasteiger charge is -2.12. The maximum absolute atomic E-state index is 13.4. The van der Waals surface area contributed by atoms with E-state index >= 15 is 0 Å². The molecule has 0 aliphatic heterocycles. The minimum Gasteiger partial charge on any atom is -0.481 e. The van der Waals surface area contributed by atoms with Crippen LogP contribution in [-0.2, 0) is 9.59 Å². The van der Waals surface area contributed by atoms with Crippen LogP contribution in [0.5, 0.6) is 5.75 Å². The van der Waals surface area contributed by atoms with Gasteiger partial charge in [-0.15, -0.1) is 0 Å². The molecule has 0 radical (unpaired) electrons. The summed E-state index contributed by atoms with van der Waals surface area (Å²) in [5.74, 6) is -1.98. The number of aliphatic carboxylic acids is 1. The van der Waals surface area contributed by atoms with E-state index in [0.717, 1.165) is 0 Å². The van der Waals surface area contributed by atoms with E-state index in [1.54, 1.807) is 6.07 Å². The predicted octanol–water partition coefficient (Wildman–Crippen LogP) is 1.95. The van der Waals surface area contributed by atoms with E-state index in [9.17, 15) is 14.0 Å². The molecule has 2 N–H and O–H groups in total. The number of carboxylic acids is 1. The molecule has 20 heavy (non-hydrogen) atoms. The van der Waals surface area contributed by atoms with Gasteiger partial charge in [0.2, 0.25) is 0 Å². The average molecular weight is 346 g/mol. The van der Waals surface area contributed by atoms with Crippen molar-refractivity contribution < 1.29 is 23.8 Å². The van der Waals surface area contributed by atoms with Crippen molar-refractivity contribution >= 4 is 27.8 Å². The SMILES string of the molecule is O=C(COc1ccc(Br)cc1F)NCC1(C(=O)O)CC1. The molecule has 0 atom stereocenters. The van der Waals surface area contributed by atoms with Gasteiger partial charge in [-0.05, 0) is 31.0 Å². The fraction of sp³-hybridized carbons (Fsp3) is 0.385. The Hall–Kier alpha value is -1.63. The second-order valence-electron chi connectivity index (χ2n) is 4.73. The van der Waals surface area contributed by atoms with E-state index in [-0.39, 0.29) is 18.9 Å². The van der Waals surface area contributed by atoms with Crippen molar-refractivity contribution in [2.75, 3.05) is 13.2 Å². The predicted molar refractivity (Wildman–Crippen MR) is 71.9 cm³/mol. The number of carbonyl (C=O) groups excluding carboxylic acids is 1. The minimum absolute atomic E-state index is 0.0253. The first-order chi connectivity index (χ1) is 9.43. The van der Waals surface area contributed by atoms with Crippen molar-refractivity contribution in [3.63, 3.8) is 0 Å². The van der Waals surface area contributed by atoms with Crippen LogP contribution in [0, 0.1) is 11.2 Å². The number of halogens is 2. The highest BCUT2D eigenvalue weighted by molar-refractivity contribution is 9.10. The second-order valence-corrected chi connectivity index (χ2v) is 5.64. The third kappa shape index (κ3) is 3.47. The Labute approximate surface area is 123 Å². The average Bonchev–Trinajstić information content (AvgIpc) is 3.16. The number of carboxylic acid groups (broad SMARTS) is 1. The molecule has 1 aromatic carbocycles. The molecular formula is C13H13BrFNO4. The molecule has 7 heteroatoms. The Morgan fingerprint density at radius 1 is 1.45 bits per heavy atom. The van der Waals surface area contributed by atoms with Crippen LogP contribution in [0.2, 0.25) is 0 Å². The molecule has 1 aromatic rings. The van der Waals surface area contributed by atoms with Gasteiger partial charge in [0.05, 0.1) is 5.41 Å². The van der Waals surface area contributed by atoms with E-state index in [1.165, 1.54) is 12.1 Å². The summed E-state index contributed by atoms with van der Waals surface area (Å²) in [6, 6.07) is 4.24. The summed E-state index contributed by atoms with van der Waals surface area (Å²) in [6.07, 6.45) is 1.12. The monoisotopic (exact) mass is 345 g/mol. The number of amides is 1. The highest BCUT2D eigenvalue weighted by atomic mass is 79.9. The number of carbonyl (C=O) groups is 2. The molecule has 0 heterocycles. The van der Waals surface area contributed by atoms with Crippen LogP contribution < -0.4 is 10.1 Å². The molecule has 0 unspecified atom stereocenters. The Morgan fingerprint density at radius 3 is 2.70 bits per heavy atom. The van der Waals surface area contributed by atoms with Gasteiger partial charge in [0.25, 0.3) is 5.91 Å². The van der Waals surface area contributed by atoms with Crippen LogP contribution in [0.25, 0.3) is 0 Å². The van der Waals surface area contributed by atoms with Crippen LogP contribution in [0.4, 0.5) is 4.39 Å². The van der Waals surface area contributed by atoms with E-state index in [2.05, 4.69) is 21.2 Å². The van der Waals surface area contributed by atoms with Crippen LogP contribution in [0.3, 0.4) is 0 Å². The lowest BCUT2D eigenvalue weighted by molar-refractivity contribution is -0.143. The first-order valence-electron chi connectivity index (χ1n) is 6.01. The second kappa shape index (κ2) is 5.78. The van der Waals surface area contributed by atoms with E-state index < -0.39 is 23.1 Å². The topological polar surface area (TPSA) is 75.6 Å². The first-order valence-corrected chi connectivity index (χ1v) is 6.80. The molecule has 1 aliphatic rings. The first kappa shape index (κ1) is 14.8. The summed E-state index contributed by atoms with van der Waals surface area (Å²) in [6.45, 7) is -0.276. The molecule has 1 fully saturated rings. The minimum atomic E-state index is -0.905. The molecule has 0 aromatic heterocycles. The molecule has 1 saturated carbocycles. The maximum Gasteiger partial charge on any atom is 0.311 e. The zero-order valence-electron chi connectivity index (χ0n) is 10.5. The largest absolute Gasteiger partial charge is 0.481 e. The van der Waals surface area contributed by atoms with Crippen molar-refractivity contribution in [1.82, 2.24) is 5.32 Å². The van der Waals surface area contributed by atoms with Gasteiger partial charge in [-0.3, -0.25) is 9.59 Å². The Bertz CT molecular complexity index is 545. The summed E-state index contributed by atoms with van der Waals surface area (Å²) in [5.41, 5.74) is -0.821. The van der Waals surface area contributed by atoms with E-state index in [0.29, 0.717) is 17.3 Å². The van der Waals surface area contributed by atoms with Gasteiger partial charge < -0.3 is 15.2 Å². The highest BCUT2D eigenvalue weighted by Crippen LogP contribution is 2.45. The van der Waals surface area contributed by atoms with Gasteiger partial charge in [0, 0.05) is 11.0 Å². The lowest BCUT2D eigenvalue weighted by atomic mass is 10.1. The number of nitrogens with one attached hydrogen (secondary N) is 1. The van der Waals surface area contributed by atoms with Crippen LogP contribution >= 0.6 is 15.9 Å². The number of ether oxygens (including phenoxy) is 1. The molecule has 108 valence electrons. The van der Waals surface area contributed by atoms with Gasteiger partial charge in [-0.25, -0.2) is 4.39 Å². The molecule has 0 spiro atoms. The molecule has 1 aliphatic carbocycles. The van der Waals surface area contributed by atoms with Crippen LogP contribution in [0.15, 0.2) is 22.7 Å². The van der Waals surface area contributed by atoms with Crippen LogP contribution in [0.1, 0.15) is 12.8 Å². The summed E-state index contributed by atoms with van der Waals surface area (Å²) >= 11 is 3.11. The van der Waals surface area contributed by atoms with Crippen molar-refractivity contribution in [1.29, 1.82) is 0 Å². The van der Waals surface area contributed by atoms with Crippen LogP contribution in [-0.4, -0.2) is 30.1 Å². The normalized spacial score (nSPS) is 15.5. The van der Waals surface area contributed by atoms with Gasteiger partial charge in [0.1, 0.15) is 0 Å². The lowest BCUT2D eigenvalue weighted by Crippen LogP contribution is -2.36. The molecule has 0 bridgehead atoms.